The number of carboxylic acid groups (broad SMARTS) is 1. The van der Waals surface area contributed by atoms with Crippen LogP contribution in [0.3, 0.4) is 0 Å². The number of likely N-dealkylation sites (tertiary alicyclic amines) is 1. The molecule has 1 saturated heterocycles. The Labute approximate surface area is 115 Å². The molecule has 6 nitrogen and oxygen atoms in total. The SMILES string of the molecule is O=C(c1cc[nH]c(=O)c1)N1C[C@@H]2CCC[C@@]2(C(=O)O)C1. The Hall–Kier alpha value is -2.11. The summed E-state index contributed by atoms with van der Waals surface area (Å²) >= 11 is 0. The molecular weight excluding hydrogens is 260 g/mol. The average Bonchev–Trinajstić information content (AvgIpc) is 2.95. The first-order valence-electron chi connectivity index (χ1n) is 6.74. The first kappa shape index (κ1) is 12.9. The number of aromatic amines is 1. The van der Waals surface area contributed by atoms with Crippen molar-refractivity contribution >= 4 is 11.9 Å². The Morgan fingerprint density at radius 1 is 1.45 bits per heavy atom. The average molecular weight is 276 g/mol. The third kappa shape index (κ3) is 1.83. The van der Waals surface area contributed by atoms with Crippen LogP contribution in [-0.2, 0) is 4.79 Å². The fourth-order valence-corrected chi connectivity index (χ4v) is 3.55. The van der Waals surface area contributed by atoms with Crippen molar-refractivity contribution in [2.45, 2.75) is 19.3 Å². The van der Waals surface area contributed by atoms with Gasteiger partial charge in [0.1, 0.15) is 0 Å². The molecule has 2 fully saturated rings. The maximum atomic E-state index is 12.4. The van der Waals surface area contributed by atoms with Crippen molar-refractivity contribution in [3.63, 3.8) is 0 Å². The van der Waals surface area contributed by atoms with Crippen LogP contribution in [0.5, 0.6) is 0 Å². The molecular formula is C14H16N2O4. The van der Waals surface area contributed by atoms with Crippen LogP contribution in [0.25, 0.3) is 0 Å². The molecule has 1 amide bonds. The number of carbonyl (C=O) groups is 2. The lowest BCUT2D eigenvalue weighted by atomic mass is 9.81. The highest BCUT2D eigenvalue weighted by Crippen LogP contribution is 2.49. The summed E-state index contributed by atoms with van der Waals surface area (Å²) in [6.45, 7) is 0.719. The molecule has 2 aliphatic rings. The van der Waals surface area contributed by atoms with E-state index >= 15 is 0 Å². The highest BCUT2D eigenvalue weighted by molar-refractivity contribution is 5.95. The normalized spacial score (nSPS) is 28.4. The zero-order valence-electron chi connectivity index (χ0n) is 11.0. The largest absolute Gasteiger partial charge is 0.481 e. The van der Waals surface area contributed by atoms with Crippen LogP contribution in [0.4, 0.5) is 0 Å². The van der Waals surface area contributed by atoms with E-state index in [0.29, 0.717) is 18.5 Å². The van der Waals surface area contributed by atoms with E-state index in [1.165, 1.54) is 12.3 Å². The van der Waals surface area contributed by atoms with Gasteiger partial charge in [-0.2, -0.15) is 0 Å². The van der Waals surface area contributed by atoms with E-state index in [9.17, 15) is 19.5 Å². The number of H-pyrrole nitrogens is 1. The minimum absolute atomic E-state index is 0.0333. The number of nitrogens with one attached hydrogen (secondary N) is 1. The summed E-state index contributed by atoms with van der Waals surface area (Å²) < 4.78 is 0. The number of hydrogen-bond donors (Lipinski definition) is 2. The molecule has 2 heterocycles. The minimum atomic E-state index is -0.804. The predicted molar refractivity (Wildman–Crippen MR) is 70.4 cm³/mol. The van der Waals surface area contributed by atoms with Crippen LogP contribution in [0.2, 0.25) is 0 Å². The molecule has 0 unspecified atom stereocenters. The van der Waals surface area contributed by atoms with Crippen molar-refractivity contribution in [2.24, 2.45) is 11.3 Å². The number of aromatic nitrogens is 1. The molecule has 1 aliphatic heterocycles. The van der Waals surface area contributed by atoms with Gasteiger partial charge in [-0.15, -0.1) is 0 Å². The summed E-state index contributed by atoms with van der Waals surface area (Å²) in [5.41, 5.74) is -0.797. The van der Waals surface area contributed by atoms with Gasteiger partial charge in [-0.1, -0.05) is 6.42 Å². The lowest BCUT2D eigenvalue weighted by Crippen LogP contribution is -2.37. The van der Waals surface area contributed by atoms with Gasteiger partial charge in [-0.05, 0) is 24.8 Å². The predicted octanol–water partition coefficient (Wildman–Crippen LogP) is 0.702. The van der Waals surface area contributed by atoms with Gasteiger partial charge in [-0.25, -0.2) is 0 Å². The lowest BCUT2D eigenvalue weighted by Gasteiger charge is -2.23. The van der Waals surface area contributed by atoms with Crippen LogP contribution in [0.15, 0.2) is 23.1 Å². The van der Waals surface area contributed by atoms with Gasteiger partial charge in [-0.3, -0.25) is 14.4 Å². The van der Waals surface area contributed by atoms with Gasteiger partial charge in [0, 0.05) is 30.9 Å². The molecule has 0 bridgehead atoms. The van der Waals surface area contributed by atoms with E-state index in [0.717, 1.165) is 12.8 Å². The van der Waals surface area contributed by atoms with Crippen LogP contribution < -0.4 is 5.56 Å². The molecule has 1 saturated carbocycles. The first-order chi connectivity index (χ1) is 9.53. The summed E-state index contributed by atoms with van der Waals surface area (Å²) in [7, 11) is 0. The third-order valence-corrected chi connectivity index (χ3v) is 4.61. The quantitative estimate of drug-likeness (QED) is 0.832. The van der Waals surface area contributed by atoms with Crippen molar-refractivity contribution in [3.8, 4) is 0 Å². The molecule has 6 heteroatoms. The topological polar surface area (TPSA) is 90.5 Å². The molecule has 1 aliphatic carbocycles. The summed E-state index contributed by atoms with van der Waals surface area (Å²) in [5, 5.41) is 9.50. The van der Waals surface area contributed by atoms with Crippen molar-refractivity contribution in [1.29, 1.82) is 0 Å². The molecule has 1 aromatic rings. The number of fused-ring (bicyclic) bond motifs is 1. The van der Waals surface area contributed by atoms with Crippen molar-refractivity contribution in [3.05, 3.63) is 34.2 Å². The van der Waals surface area contributed by atoms with Gasteiger partial charge in [0.25, 0.3) is 5.91 Å². The van der Waals surface area contributed by atoms with Crippen LogP contribution in [0, 0.1) is 11.3 Å². The van der Waals surface area contributed by atoms with Crippen molar-refractivity contribution in [1.82, 2.24) is 9.88 Å². The number of nitrogens with zero attached hydrogens (tertiary/aromatic N) is 1. The fourth-order valence-electron chi connectivity index (χ4n) is 3.55. The number of amides is 1. The van der Waals surface area contributed by atoms with E-state index < -0.39 is 11.4 Å². The Kier molecular flexibility index (Phi) is 2.88. The number of pyridine rings is 1. The maximum Gasteiger partial charge on any atom is 0.311 e. The van der Waals surface area contributed by atoms with Gasteiger partial charge < -0.3 is 15.0 Å². The summed E-state index contributed by atoms with van der Waals surface area (Å²) in [6.07, 6.45) is 3.82. The lowest BCUT2D eigenvalue weighted by molar-refractivity contribution is -0.149. The summed E-state index contributed by atoms with van der Waals surface area (Å²) in [5.74, 6) is -1.03. The Morgan fingerprint density at radius 3 is 2.90 bits per heavy atom. The van der Waals surface area contributed by atoms with E-state index in [2.05, 4.69) is 4.98 Å². The molecule has 1 aromatic heterocycles. The molecule has 0 radical (unpaired) electrons. The zero-order chi connectivity index (χ0) is 14.3. The van der Waals surface area contributed by atoms with Crippen LogP contribution in [0.1, 0.15) is 29.6 Å². The fraction of sp³-hybridized carbons (Fsp3) is 0.500. The first-order valence-corrected chi connectivity index (χ1v) is 6.74. The Bertz CT molecular complexity index is 624. The van der Waals surface area contributed by atoms with Crippen molar-refractivity contribution in [2.75, 3.05) is 13.1 Å². The minimum Gasteiger partial charge on any atom is -0.481 e. The van der Waals surface area contributed by atoms with E-state index in [1.54, 1.807) is 11.0 Å². The van der Waals surface area contributed by atoms with E-state index in [-0.39, 0.29) is 23.9 Å². The highest BCUT2D eigenvalue weighted by Gasteiger charge is 2.55. The van der Waals surface area contributed by atoms with Crippen LogP contribution in [-0.4, -0.2) is 40.0 Å². The van der Waals surface area contributed by atoms with E-state index in [1.807, 2.05) is 0 Å². The molecule has 2 atom stereocenters. The Balaban J connectivity index is 1.85. The summed E-state index contributed by atoms with van der Waals surface area (Å²) in [4.78, 5) is 39.2. The molecule has 106 valence electrons. The second-order valence-corrected chi connectivity index (χ2v) is 5.68. The number of carboxylic acids is 1. The number of carbonyl (C=O) groups excluding carboxylic acids is 1. The Morgan fingerprint density at radius 2 is 2.25 bits per heavy atom. The molecule has 3 rings (SSSR count). The van der Waals surface area contributed by atoms with Gasteiger partial charge in [0.2, 0.25) is 5.56 Å². The molecule has 2 N–H and O–H groups in total. The second-order valence-electron chi connectivity index (χ2n) is 5.68. The van der Waals surface area contributed by atoms with Gasteiger partial charge in [0.05, 0.1) is 5.41 Å². The summed E-state index contributed by atoms with van der Waals surface area (Å²) in [6, 6.07) is 2.80. The van der Waals surface area contributed by atoms with Gasteiger partial charge >= 0.3 is 5.97 Å². The molecule has 20 heavy (non-hydrogen) atoms. The molecule has 0 spiro atoms. The van der Waals surface area contributed by atoms with Crippen molar-refractivity contribution < 1.29 is 14.7 Å². The maximum absolute atomic E-state index is 12.4. The monoisotopic (exact) mass is 276 g/mol. The standard InChI is InChI=1S/C14H16N2O4/c17-11-6-9(3-5-15-11)12(18)16-7-10-2-1-4-14(10,8-16)13(19)20/h3,5-6,10H,1-2,4,7-8H2,(H,15,17)(H,19,20)/t10-,14+/m0/s1. The third-order valence-electron chi connectivity index (χ3n) is 4.61. The number of aliphatic carboxylic acids is 1. The zero-order valence-corrected chi connectivity index (χ0v) is 11.0. The molecule has 0 aromatic carbocycles. The highest BCUT2D eigenvalue weighted by atomic mass is 16.4. The number of rotatable bonds is 2. The van der Waals surface area contributed by atoms with Gasteiger partial charge in [0.15, 0.2) is 0 Å². The van der Waals surface area contributed by atoms with E-state index in [4.69, 9.17) is 0 Å². The second kappa shape index (κ2) is 4.47. The smallest absolute Gasteiger partial charge is 0.311 e. The number of hydrogen-bond acceptors (Lipinski definition) is 3. The van der Waals surface area contributed by atoms with Crippen LogP contribution >= 0.6 is 0 Å².